The highest BCUT2D eigenvalue weighted by Crippen LogP contribution is 2.52. The van der Waals surface area contributed by atoms with Crippen molar-refractivity contribution in [3.63, 3.8) is 0 Å². The number of allylic oxidation sites excluding steroid dienone is 1. The molecule has 0 heterocycles. The molecule has 2 rings (SSSR count). The Labute approximate surface area is 152 Å². The van der Waals surface area contributed by atoms with Crippen LogP contribution in [0.15, 0.2) is 11.8 Å². The SMILES string of the molecule is CCCCCCCC=C(O)[C@@H]1[C@@H]2C[C@H](CC(=O)OCC)C[C@@H]2C[C@H]1O. The molecule has 2 saturated carbocycles. The highest BCUT2D eigenvalue weighted by molar-refractivity contribution is 5.69. The molecule has 2 fully saturated rings. The van der Waals surface area contributed by atoms with Crippen LogP contribution in [0.2, 0.25) is 0 Å². The fraction of sp³-hybridized carbons (Fsp3) is 0.857. The topological polar surface area (TPSA) is 66.8 Å². The number of hydrogen-bond acceptors (Lipinski definition) is 4. The monoisotopic (exact) mass is 352 g/mol. The maximum atomic E-state index is 11.7. The number of aliphatic hydroxyl groups is 2. The molecule has 25 heavy (non-hydrogen) atoms. The average molecular weight is 353 g/mol. The van der Waals surface area contributed by atoms with Gasteiger partial charge >= 0.3 is 5.97 Å². The van der Waals surface area contributed by atoms with Gasteiger partial charge in [0.2, 0.25) is 0 Å². The average Bonchev–Trinajstić information content (AvgIpc) is 3.06. The number of hydrogen-bond donors (Lipinski definition) is 2. The minimum atomic E-state index is -0.435. The second kappa shape index (κ2) is 10.2. The smallest absolute Gasteiger partial charge is 0.306 e. The maximum absolute atomic E-state index is 11.7. The molecule has 4 nitrogen and oxygen atoms in total. The highest BCUT2D eigenvalue weighted by atomic mass is 16.5. The van der Waals surface area contributed by atoms with Crippen LogP contribution < -0.4 is 0 Å². The van der Waals surface area contributed by atoms with Crippen LogP contribution in [0.25, 0.3) is 0 Å². The molecule has 0 spiro atoms. The third-order valence-electron chi connectivity index (χ3n) is 6.03. The Morgan fingerprint density at radius 3 is 2.60 bits per heavy atom. The minimum absolute atomic E-state index is 0.114. The predicted molar refractivity (Wildman–Crippen MR) is 99.2 cm³/mol. The quantitative estimate of drug-likeness (QED) is 0.338. The van der Waals surface area contributed by atoms with Crippen LogP contribution in [0.5, 0.6) is 0 Å². The highest BCUT2D eigenvalue weighted by Gasteiger charge is 2.49. The van der Waals surface area contributed by atoms with E-state index >= 15 is 0 Å². The van der Waals surface area contributed by atoms with E-state index < -0.39 is 6.10 Å². The Morgan fingerprint density at radius 1 is 1.12 bits per heavy atom. The minimum Gasteiger partial charge on any atom is -0.512 e. The van der Waals surface area contributed by atoms with E-state index in [0.717, 1.165) is 32.1 Å². The van der Waals surface area contributed by atoms with Crippen molar-refractivity contribution in [1.29, 1.82) is 0 Å². The first-order valence-electron chi connectivity index (χ1n) is 10.3. The number of fused-ring (bicyclic) bond motifs is 1. The van der Waals surface area contributed by atoms with Crippen molar-refractivity contribution in [1.82, 2.24) is 0 Å². The summed E-state index contributed by atoms with van der Waals surface area (Å²) in [6.45, 7) is 4.47. The molecule has 0 amide bonds. The molecule has 0 radical (unpaired) electrons. The second-order valence-corrected chi connectivity index (χ2v) is 7.93. The summed E-state index contributed by atoms with van der Waals surface area (Å²) in [4.78, 5) is 11.7. The van der Waals surface area contributed by atoms with Crippen molar-refractivity contribution in [2.24, 2.45) is 23.7 Å². The van der Waals surface area contributed by atoms with Gasteiger partial charge in [-0.2, -0.15) is 0 Å². The first-order valence-corrected chi connectivity index (χ1v) is 10.3. The van der Waals surface area contributed by atoms with E-state index in [-0.39, 0.29) is 11.9 Å². The fourth-order valence-corrected chi connectivity index (χ4v) is 4.90. The van der Waals surface area contributed by atoms with Gasteiger partial charge in [0.05, 0.1) is 18.5 Å². The van der Waals surface area contributed by atoms with Gasteiger partial charge in [0.1, 0.15) is 0 Å². The normalized spacial score (nSPS) is 32.0. The molecule has 0 aromatic carbocycles. The first-order chi connectivity index (χ1) is 12.1. The lowest BCUT2D eigenvalue weighted by Crippen LogP contribution is -2.22. The second-order valence-electron chi connectivity index (χ2n) is 7.93. The summed E-state index contributed by atoms with van der Waals surface area (Å²) < 4.78 is 5.07. The molecule has 2 N–H and O–H groups in total. The molecule has 0 unspecified atom stereocenters. The van der Waals surface area contributed by atoms with Crippen molar-refractivity contribution in [3.8, 4) is 0 Å². The van der Waals surface area contributed by atoms with Crippen LogP contribution in [-0.4, -0.2) is 28.9 Å². The summed E-state index contributed by atoms with van der Waals surface area (Å²) in [6.07, 6.45) is 11.6. The Bertz CT molecular complexity index is 445. The van der Waals surface area contributed by atoms with E-state index in [4.69, 9.17) is 4.74 Å². The number of esters is 1. The van der Waals surface area contributed by atoms with Gasteiger partial charge in [-0.1, -0.05) is 32.6 Å². The van der Waals surface area contributed by atoms with Crippen molar-refractivity contribution in [2.75, 3.05) is 6.61 Å². The predicted octanol–water partition coefficient (Wildman–Crippen LogP) is 4.77. The summed E-state index contributed by atoms with van der Waals surface area (Å²) in [5, 5.41) is 20.9. The zero-order valence-electron chi connectivity index (χ0n) is 16.0. The Kier molecular flexibility index (Phi) is 8.28. The summed E-state index contributed by atoms with van der Waals surface area (Å²) in [6, 6.07) is 0. The first kappa shape index (κ1) is 20.3. The molecule has 0 aromatic heterocycles. The number of aliphatic hydroxyl groups excluding tert-OH is 2. The molecular weight excluding hydrogens is 316 g/mol. The zero-order chi connectivity index (χ0) is 18.2. The van der Waals surface area contributed by atoms with Gasteiger partial charge in [-0.3, -0.25) is 4.79 Å². The number of carbonyl (C=O) groups is 1. The molecular formula is C21H36O4. The zero-order valence-corrected chi connectivity index (χ0v) is 16.0. The van der Waals surface area contributed by atoms with Crippen molar-refractivity contribution in [3.05, 3.63) is 11.8 Å². The lowest BCUT2D eigenvalue weighted by atomic mass is 9.88. The van der Waals surface area contributed by atoms with E-state index in [2.05, 4.69) is 6.92 Å². The van der Waals surface area contributed by atoms with E-state index in [1.807, 2.05) is 13.0 Å². The Hall–Kier alpha value is -1.03. The molecule has 144 valence electrons. The van der Waals surface area contributed by atoms with Crippen LogP contribution in [-0.2, 0) is 9.53 Å². The molecule has 0 aliphatic heterocycles. The largest absolute Gasteiger partial charge is 0.512 e. The molecule has 2 aliphatic rings. The fourth-order valence-electron chi connectivity index (χ4n) is 4.90. The Balaban J connectivity index is 1.83. The van der Waals surface area contributed by atoms with E-state index in [1.165, 1.54) is 25.7 Å². The number of ether oxygens (including phenoxy) is 1. The van der Waals surface area contributed by atoms with Crippen LogP contribution >= 0.6 is 0 Å². The number of carbonyl (C=O) groups excluding carboxylic acids is 1. The Morgan fingerprint density at radius 2 is 1.88 bits per heavy atom. The summed E-state index contributed by atoms with van der Waals surface area (Å²) in [5.41, 5.74) is 0. The summed E-state index contributed by atoms with van der Waals surface area (Å²) in [5.74, 6) is 1.22. The molecule has 4 heteroatoms. The summed E-state index contributed by atoms with van der Waals surface area (Å²) >= 11 is 0. The van der Waals surface area contributed by atoms with Gasteiger partial charge in [-0.15, -0.1) is 0 Å². The van der Waals surface area contributed by atoms with Gasteiger partial charge in [0.25, 0.3) is 0 Å². The van der Waals surface area contributed by atoms with Gasteiger partial charge in [0.15, 0.2) is 0 Å². The van der Waals surface area contributed by atoms with Crippen LogP contribution in [0.4, 0.5) is 0 Å². The molecule has 0 aromatic rings. The van der Waals surface area contributed by atoms with Crippen LogP contribution in [0, 0.1) is 23.7 Å². The molecule has 2 aliphatic carbocycles. The molecule has 0 saturated heterocycles. The van der Waals surface area contributed by atoms with Crippen molar-refractivity contribution < 1.29 is 19.7 Å². The van der Waals surface area contributed by atoms with Crippen LogP contribution in [0.1, 0.15) is 78.1 Å². The van der Waals surface area contributed by atoms with Gasteiger partial charge in [0, 0.05) is 12.3 Å². The van der Waals surface area contributed by atoms with Crippen LogP contribution in [0.3, 0.4) is 0 Å². The number of rotatable bonds is 10. The number of unbranched alkanes of at least 4 members (excludes halogenated alkanes) is 5. The van der Waals surface area contributed by atoms with Crippen molar-refractivity contribution in [2.45, 2.75) is 84.2 Å². The third kappa shape index (κ3) is 5.73. The molecule has 5 atom stereocenters. The lowest BCUT2D eigenvalue weighted by molar-refractivity contribution is -0.144. The van der Waals surface area contributed by atoms with Gasteiger partial charge in [-0.25, -0.2) is 0 Å². The lowest BCUT2D eigenvalue weighted by Gasteiger charge is -2.21. The maximum Gasteiger partial charge on any atom is 0.306 e. The third-order valence-corrected chi connectivity index (χ3v) is 6.03. The van der Waals surface area contributed by atoms with E-state index in [0.29, 0.717) is 36.5 Å². The summed E-state index contributed by atoms with van der Waals surface area (Å²) in [7, 11) is 0. The van der Waals surface area contributed by atoms with Crippen molar-refractivity contribution >= 4 is 5.97 Å². The van der Waals surface area contributed by atoms with E-state index in [9.17, 15) is 15.0 Å². The molecule has 0 bridgehead atoms. The standard InChI is InChI=1S/C21H36O4/c1-3-5-6-7-8-9-10-18(22)21-17-12-15(13-20(24)25-4-2)11-16(17)14-19(21)23/h10,15-17,19,21-23H,3-9,11-14H2,1-2H3/t15-,16-,17-,19-,21+/m1/s1. The van der Waals surface area contributed by atoms with E-state index in [1.54, 1.807) is 0 Å². The van der Waals surface area contributed by atoms with Gasteiger partial charge < -0.3 is 14.9 Å². The van der Waals surface area contributed by atoms with Gasteiger partial charge in [-0.05, 0) is 62.9 Å².